The maximum absolute atomic E-state index is 4.83. The van der Waals surface area contributed by atoms with Gasteiger partial charge in [0.15, 0.2) is 0 Å². The summed E-state index contributed by atoms with van der Waals surface area (Å²) in [5.41, 5.74) is 0. The number of rotatable bonds is 0. The highest BCUT2D eigenvalue weighted by Gasteiger charge is 1.95. The van der Waals surface area contributed by atoms with Gasteiger partial charge in [-0.1, -0.05) is 0 Å². The van der Waals surface area contributed by atoms with Crippen LogP contribution in [0.1, 0.15) is 6.42 Å². The molecule has 0 aromatic rings. The van der Waals surface area contributed by atoms with Crippen molar-refractivity contribution in [3.05, 3.63) is 6.42 Å². The summed E-state index contributed by atoms with van der Waals surface area (Å²) in [6.45, 7) is 1.64. The maximum atomic E-state index is 4.83. The molecule has 0 unspecified atom stereocenters. The summed E-state index contributed by atoms with van der Waals surface area (Å²) in [5.74, 6) is 0. The third-order valence-corrected chi connectivity index (χ3v) is 0.627. The van der Waals surface area contributed by atoms with Gasteiger partial charge in [-0.3, -0.25) is 0 Å². The van der Waals surface area contributed by atoms with Crippen molar-refractivity contribution >= 4 is 0 Å². The lowest BCUT2D eigenvalue weighted by atomic mass is 10.4. The van der Waals surface area contributed by atoms with Gasteiger partial charge in [-0.2, -0.15) is 0 Å². The molecule has 1 heterocycles. The molecule has 0 aliphatic carbocycles. The highest BCUT2D eigenvalue weighted by Crippen LogP contribution is 1.96. The Balaban J connectivity index is 2.08. The van der Waals surface area contributed by atoms with E-state index in [9.17, 15) is 0 Å². The van der Waals surface area contributed by atoms with Crippen LogP contribution in [0.5, 0.6) is 0 Å². The van der Waals surface area contributed by atoms with Crippen LogP contribution in [0.4, 0.5) is 0 Å². The second kappa shape index (κ2) is 1.41. The topological polar surface area (TPSA) is 9.23 Å². The van der Waals surface area contributed by atoms with E-state index >= 15 is 0 Å². The molecule has 1 fully saturated rings. The summed E-state index contributed by atoms with van der Waals surface area (Å²) in [6, 6.07) is 0. The second-order valence-electron chi connectivity index (χ2n) is 1.05. The zero-order chi connectivity index (χ0) is 3.54. The average Bonchev–Trinajstić information content (AvgIpc) is 1.76. The lowest BCUT2D eigenvalue weighted by molar-refractivity contribution is 0.204. The van der Waals surface area contributed by atoms with E-state index in [1.54, 1.807) is 0 Å². The predicted octanol–water partition coefficient (Wildman–Crippen LogP) is 0.488. The lowest BCUT2D eigenvalue weighted by Gasteiger charge is -1.76. The van der Waals surface area contributed by atoms with Crippen LogP contribution in [0, 0.1) is 6.42 Å². The van der Waals surface area contributed by atoms with Crippen LogP contribution in [0.2, 0.25) is 0 Å². The average molecular weight is 70.1 g/mol. The van der Waals surface area contributed by atoms with E-state index in [1.165, 1.54) is 0 Å². The molecule has 0 amide bonds. The molecular formula is C4H6O. The Kier molecular flexibility index (Phi) is 0.892. The van der Waals surface area contributed by atoms with E-state index in [-0.39, 0.29) is 0 Å². The zero-order valence-electron chi connectivity index (χ0n) is 3.03. The molecule has 0 aromatic carbocycles. The zero-order valence-corrected chi connectivity index (χ0v) is 3.03. The van der Waals surface area contributed by atoms with Crippen LogP contribution in [0.25, 0.3) is 0 Å². The van der Waals surface area contributed by atoms with E-state index in [4.69, 9.17) is 4.74 Å². The molecule has 1 rings (SSSR count). The third-order valence-electron chi connectivity index (χ3n) is 0.627. The van der Waals surface area contributed by atoms with Gasteiger partial charge < -0.3 is 4.74 Å². The van der Waals surface area contributed by atoms with Gasteiger partial charge in [-0.05, 0) is 6.42 Å². The largest absolute Gasteiger partial charge is 0.381 e. The van der Waals surface area contributed by atoms with Gasteiger partial charge in [-0.15, -0.1) is 0 Å². The van der Waals surface area contributed by atoms with E-state index in [2.05, 4.69) is 6.42 Å². The number of hydrogen-bond acceptors (Lipinski definition) is 1. The van der Waals surface area contributed by atoms with E-state index in [0.29, 0.717) is 0 Å². The van der Waals surface area contributed by atoms with E-state index in [0.717, 1.165) is 19.6 Å². The molecule has 0 spiro atoms. The quantitative estimate of drug-likeness (QED) is 0.403. The smallest absolute Gasteiger partial charge is 0.0536 e. The van der Waals surface area contributed by atoms with Crippen LogP contribution in [-0.2, 0) is 4.74 Å². The number of ether oxygens (including phenoxy) is 1. The Hall–Kier alpha value is -0.0400. The van der Waals surface area contributed by atoms with Gasteiger partial charge in [0.25, 0.3) is 0 Å². The molecule has 1 aliphatic heterocycles. The molecule has 0 atom stereocenters. The van der Waals surface area contributed by atoms with Crippen molar-refractivity contribution in [2.45, 2.75) is 6.42 Å². The molecule has 2 radical (unpaired) electrons. The number of hydrogen-bond donors (Lipinski definition) is 0. The fourth-order valence-corrected chi connectivity index (χ4v) is 0.361. The van der Waals surface area contributed by atoms with E-state index in [1.807, 2.05) is 0 Å². The minimum Gasteiger partial charge on any atom is -0.381 e. The van der Waals surface area contributed by atoms with Crippen LogP contribution in [0.3, 0.4) is 0 Å². The van der Waals surface area contributed by atoms with Gasteiger partial charge >= 0.3 is 0 Å². The fraction of sp³-hybridized carbons (Fsp3) is 0.750. The molecule has 1 aliphatic rings. The standard InChI is InChI=1S/C4H6O/c1-2-4-5-3-1/h1,3-4H2. The van der Waals surface area contributed by atoms with Gasteiger partial charge in [-0.25, -0.2) is 0 Å². The second-order valence-corrected chi connectivity index (χ2v) is 1.05. The fourth-order valence-electron chi connectivity index (χ4n) is 0.361. The van der Waals surface area contributed by atoms with Crippen LogP contribution in [0.15, 0.2) is 0 Å². The molecule has 0 N–H and O–H groups in total. The van der Waals surface area contributed by atoms with Crippen molar-refractivity contribution in [2.75, 3.05) is 13.2 Å². The Bertz CT molecular complexity index is 15.2. The molecule has 28 valence electrons. The summed E-state index contributed by atoms with van der Waals surface area (Å²) in [6.07, 6.45) is 4.03. The van der Waals surface area contributed by atoms with Crippen LogP contribution >= 0.6 is 0 Å². The summed E-state index contributed by atoms with van der Waals surface area (Å²) < 4.78 is 4.83. The molecular weight excluding hydrogens is 64.0 g/mol. The highest BCUT2D eigenvalue weighted by atomic mass is 16.5. The Morgan fingerprint density at radius 2 is 2.60 bits per heavy atom. The molecule has 5 heavy (non-hydrogen) atoms. The van der Waals surface area contributed by atoms with Crippen molar-refractivity contribution in [3.63, 3.8) is 0 Å². The normalized spacial score (nSPS) is 24.0. The summed E-state index contributed by atoms with van der Waals surface area (Å²) >= 11 is 0. The SMILES string of the molecule is [C]1CCOC1. The van der Waals surface area contributed by atoms with Crippen LogP contribution in [-0.4, -0.2) is 13.2 Å². The van der Waals surface area contributed by atoms with Crippen LogP contribution < -0.4 is 0 Å². The molecule has 0 aromatic heterocycles. The molecule has 1 nitrogen and oxygen atoms in total. The molecule has 0 bridgehead atoms. The van der Waals surface area contributed by atoms with Gasteiger partial charge in [0.2, 0.25) is 0 Å². The minimum absolute atomic E-state index is 0.750. The molecule has 0 saturated carbocycles. The first-order valence-electron chi connectivity index (χ1n) is 1.78. The minimum atomic E-state index is 0.750. The van der Waals surface area contributed by atoms with Gasteiger partial charge in [0.05, 0.1) is 6.61 Å². The molecule has 1 saturated heterocycles. The summed E-state index contributed by atoms with van der Waals surface area (Å²) in [7, 11) is 0. The monoisotopic (exact) mass is 70.0 g/mol. The third kappa shape index (κ3) is 0.618. The highest BCUT2D eigenvalue weighted by molar-refractivity contribution is 4.67. The Morgan fingerprint density at radius 1 is 1.60 bits per heavy atom. The first-order valence-corrected chi connectivity index (χ1v) is 1.78. The van der Waals surface area contributed by atoms with Gasteiger partial charge in [0.1, 0.15) is 0 Å². The predicted molar refractivity (Wildman–Crippen MR) is 18.7 cm³/mol. The Morgan fingerprint density at radius 3 is 2.80 bits per heavy atom. The van der Waals surface area contributed by atoms with E-state index < -0.39 is 0 Å². The van der Waals surface area contributed by atoms with Crippen molar-refractivity contribution in [1.82, 2.24) is 0 Å². The van der Waals surface area contributed by atoms with Crippen molar-refractivity contribution in [3.8, 4) is 0 Å². The lowest BCUT2D eigenvalue weighted by Crippen LogP contribution is -1.75. The summed E-state index contributed by atoms with van der Waals surface area (Å²) in [4.78, 5) is 0. The van der Waals surface area contributed by atoms with Gasteiger partial charge in [0, 0.05) is 13.0 Å². The Labute approximate surface area is 31.9 Å². The van der Waals surface area contributed by atoms with Crippen molar-refractivity contribution in [1.29, 1.82) is 0 Å². The molecule has 1 heteroatoms. The van der Waals surface area contributed by atoms with Crippen molar-refractivity contribution in [2.24, 2.45) is 0 Å². The van der Waals surface area contributed by atoms with Crippen molar-refractivity contribution < 1.29 is 4.74 Å². The summed E-state index contributed by atoms with van der Waals surface area (Å²) in [5, 5.41) is 0. The first-order chi connectivity index (χ1) is 2.50. The maximum Gasteiger partial charge on any atom is 0.0536 e. The first kappa shape index (κ1) is 3.16.